The molecule has 2 heterocycles. The quantitative estimate of drug-likeness (QED) is 0.425. The van der Waals surface area contributed by atoms with Crippen molar-refractivity contribution in [2.45, 2.75) is 13.3 Å². The van der Waals surface area contributed by atoms with E-state index in [9.17, 15) is 14.9 Å². The lowest BCUT2D eigenvalue weighted by molar-refractivity contribution is -0.384. The fourth-order valence-corrected chi connectivity index (χ4v) is 3.86. The molecule has 1 saturated heterocycles. The van der Waals surface area contributed by atoms with Crippen LogP contribution in [0.4, 0.5) is 11.5 Å². The van der Waals surface area contributed by atoms with E-state index in [1.165, 1.54) is 23.8 Å². The van der Waals surface area contributed by atoms with Gasteiger partial charge < -0.3 is 9.80 Å². The molecule has 0 spiro atoms. The van der Waals surface area contributed by atoms with Crippen LogP contribution in [0.3, 0.4) is 0 Å². The first-order chi connectivity index (χ1) is 15.5. The molecule has 1 aliphatic rings. The van der Waals surface area contributed by atoms with E-state index < -0.39 is 4.92 Å². The van der Waals surface area contributed by atoms with Crippen molar-refractivity contribution in [1.82, 2.24) is 15.1 Å². The van der Waals surface area contributed by atoms with Crippen molar-refractivity contribution in [3.8, 4) is 11.3 Å². The van der Waals surface area contributed by atoms with Gasteiger partial charge in [-0.3, -0.25) is 14.9 Å². The van der Waals surface area contributed by atoms with E-state index in [0.29, 0.717) is 26.2 Å². The maximum Gasteiger partial charge on any atom is 0.270 e. The number of anilines is 1. The number of nitro benzene ring substituents is 1. The summed E-state index contributed by atoms with van der Waals surface area (Å²) in [4.78, 5) is 27.1. The number of carbonyl (C=O) groups excluding carboxylic acids is 1. The summed E-state index contributed by atoms with van der Waals surface area (Å²) in [7, 11) is 0. The van der Waals surface area contributed by atoms with E-state index in [2.05, 4.69) is 34.2 Å². The Labute approximate surface area is 190 Å². The monoisotopic (exact) mass is 451 g/mol. The lowest BCUT2D eigenvalue weighted by atomic mass is 10.1. The Morgan fingerprint density at radius 3 is 2.34 bits per heavy atom. The number of nitrogens with zero attached hydrogens (tertiary/aromatic N) is 5. The Bertz CT molecular complexity index is 1130. The lowest BCUT2D eigenvalue weighted by Gasteiger charge is -2.35. The van der Waals surface area contributed by atoms with Crippen molar-refractivity contribution in [1.29, 1.82) is 0 Å². The second-order valence-corrected chi connectivity index (χ2v) is 7.93. The Balaban J connectivity index is 1.41. The van der Waals surface area contributed by atoms with Crippen molar-refractivity contribution in [3.05, 3.63) is 80.9 Å². The number of non-ortho nitro benzene ring substituents is 1. The van der Waals surface area contributed by atoms with Crippen LogP contribution in [0.1, 0.15) is 22.8 Å². The zero-order valence-corrected chi connectivity index (χ0v) is 18.3. The average molecular weight is 452 g/mol. The Hall–Kier alpha value is -3.52. The van der Waals surface area contributed by atoms with Crippen LogP contribution in [0.25, 0.3) is 11.3 Å². The van der Waals surface area contributed by atoms with Gasteiger partial charge in [0.25, 0.3) is 11.6 Å². The summed E-state index contributed by atoms with van der Waals surface area (Å²) in [6.45, 7) is 4.20. The molecule has 1 amide bonds. The van der Waals surface area contributed by atoms with Crippen molar-refractivity contribution in [2.24, 2.45) is 0 Å². The molecular formula is C23H22ClN5O3. The number of aryl methyl sites for hydroxylation is 1. The van der Waals surface area contributed by atoms with Gasteiger partial charge in [-0.25, -0.2) is 0 Å². The molecule has 164 valence electrons. The predicted octanol–water partition coefficient (Wildman–Crippen LogP) is 4.23. The standard InChI is InChI=1S/C23H22ClN5O3/c1-2-16-3-5-17(6-4-16)21-9-10-22(26-25-21)27-11-13-28(14-12-27)23(30)19-15-18(29(31)32)7-8-20(19)24/h3-10,15H,2,11-14H2,1H3. The zero-order valence-electron chi connectivity index (χ0n) is 17.6. The van der Waals surface area contributed by atoms with Gasteiger partial charge in [0.2, 0.25) is 0 Å². The molecule has 9 heteroatoms. The zero-order chi connectivity index (χ0) is 22.7. The number of amides is 1. The average Bonchev–Trinajstić information content (AvgIpc) is 2.84. The molecule has 8 nitrogen and oxygen atoms in total. The maximum atomic E-state index is 12.9. The highest BCUT2D eigenvalue weighted by Gasteiger charge is 2.26. The summed E-state index contributed by atoms with van der Waals surface area (Å²) < 4.78 is 0. The molecule has 2 aromatic carbocycles. The van der Waals surface area contributed by atoms with Crippen LogP contribution >= 0.6 is 11.6 Å². The van der Waals surface area contributed by atoms with E-state index in [4.69, 9.17) is 11.6 Å². The molecule has 1 aliphatic heterocycles. The first-order valence-corrected chi connectivity index (χ1v) is 10.7. The molecule has 1 fully saturated rings. The molecule has 0 saturated carbocycles. The van der Waals surface area contributed by atoms with Crippen LogP contribution in [-0.4, -0.2) is 52.1 Å². The van der Waals surface area contributed by atoms with Crippen molar-refractivity contribution < 1.29 is 9.72 Å². The van der Waals surface area contributed by atoms with Crippen molar-refractivity contribution in [3.63, 3.8) is 0 Å². The molecule has 0 atom stereocenters. The SMILES string of the molecule is CCc1ccc(-c2ccc(N3CCN(C(=O)c4cc([N+](=O)[O-])ccc4Cl)CC3)nn2)cc1. The van der Waals surface area contributed by atoms with Gasteiger partial charge >= 0.3 is 0 Å². The molecule has 0 N–H and O–H groups in total. The molecule has 0 radical (unpaired) electrons. The normalized spacial score (nSPS) is 13.8. The number of benzene rings is 2. The molecule has 32 heavy (non-hydrogen) atoms. The van der Waals surface area contributed by atoms with Gasteiger partial charge in [0, 0.05) is 43.9 Å². The summed E-state index contributed by atoms with van der Waals surface area (Å²) in [5, 5.41) is 20.0. The number of aromatic nitrogens is 2. The summed E-state index contributed by atoms with van der Waals surface area (Å²) in [6, 6.07) is 16.1. The van der Waals surface area contributed by atoms with Crippen LogP contribution in [-0.2, 0) is 6.42 Å². The van der Waals surface area contributed by atoms with Crippen molar-refractivity contribution >= 4 is 29.0 Å². The number of carbonyl (C=O) groups is 1. The van der Waals surface area contributed by atoms with Gasteiger partial charge in [0.15, 0.2) is 5.82 Å². The van der Waals surface area contributed by atoms with E-state index >= 15 is 0 Å². The summed E-state index contributed by atoms with van der Waals surface area (Å²) >= 11 is 6.12. The molecule has 1 aromatic heterocycles. The third-order valence-corrected chi connectivity index (χ3v) is 5.92. The third-order valence-electron chi connectivity index (χ3n) is 5.59. The highest BCUT2D eigenvalue weighted by molar-refractivity contribution is 6.33. The number of rotatable bonds is 5. The smallest absolute Gasteiger partial charge is 0.270 e. The second kappa shape index (κ2) is 9.32. The molecule has 0 unspecified atom stereocenters. The lowest BCUT2D eigenvalue weighted by Crippen LogP contribution is -2.49. The molecule has 0 aliphatic carbocycles. The van der Waals surface area contributed by atoms with E-state index in [1.807, 2.05) is 24.3 Å². The summed E-state index contributed by atoms with van der Waals surface area (Å²) in [5.41, 5.74) is 3.09. The van der Waals surface area contributed by atoms with Gasteiger partial charge in [-0.15, -0.1) is 10.2 Å². The van der Waals surface area contributed by atoms with E-state index in [1.54, 1.807) is 4.90 Å². The van der Waals surface area contributed by atoms with Crippen molar-refractivity contribution in [2.75, 3.05) is 31.1 Å². The first-order valence-electron chi connectivity index (χ1n) is 10.4. The first kappa shape index (κ1) is 21.7. The Kier molecular flexibility index (Phi) is 6.32. The maximum absolute atomic E-state index is 12.9. The summed E-state index contributed by atoms with van der Waals surface area (Å²) in [6.07, 6.45) is 0.993. The van der Waals surface area contributed by atoms with Crippen LogP contribution in [0.5, 0.6) is 0 Å². The van der Waals surface area contributed by atoms with Crippen LogP contribution in [0.15, 0.2) is 54.6 Å². The van der Waals surface area contributed by atoms with Gasteiger partial charge in [-0.2, -0.15) is 0 Å². The van der Waals surface area contributed by atoms with Crippen LogP contribution in [0.2, 0.25) is 5.02 Å². The van der Waals surface area contributed by atoms with Gasteiger partial charge in [0.05, 0.1) is 21.2 Å². The number of halogens is 1. The fraction of sp³-hybridized carbons (Fsp3) is 0.261. The van der Waals surface area contributed by atoms with Gasteiger partial charge in [-0.1, -0.05) is 42.8 Å². The third kappa shape index (κ3) is 4.55. The molecule has 3 aromatic rings. The number of nitro groups is 1. The minimum Gasteiger partial charge on any atom is -0.352 e. The molecule has 0 bridgehead atoms. The second-order valence-electron chi connectivity index (χ2n) is 7.53. The Morgan fingerprint density at radius 1 is 1.03 bits per heavy atom. The summed E-state index contributed by atoms with van der Waals surface area (Å²) in [5.74, 6) is 0.440. The van der Waals surface area contributed by atoms with Gasteiger partial charge in [0.1, 0.15) is 0 Å². The molecular weight excluding hydrogens is 430 g/mol. The van der Waals surface area contributed by atoms with Gasteiger partial charge in [-0.05, 0) is 30.2 Å². The van der Waals surface area contributed by atoms with E-state index in [-0.39, 0.29) is 22.2 Å². The van der Waals surface area contributed by atoms with Crippen LogP contribution in [0, 0.1) is 10.1 Å². The molecule has 4 rings (SSSR count). The fourth-order valence-electron chi connectivity index (χ4n) is 3.66. The number of piperazine rings is 1. The highest BCUT2D eigenvalue weighted by Crippen LogP contribution is 2.25. The predicted molar refractivity (Wildman–Crippen MR) is 123 cm³/mol. The minimum absolute atomic E-state index is 0.146. The minimum atomic E-state index is -0.536. The van der Waals surface area contributed by atoms with E-state index in [0.717, 1.165) is 23.5 Å². The highest BCUT2D eigenvalue weighted by atomic mass is 35.5. The largest absolute Gasteiger partial charge is 0.352 e. The number of hydrogen-bond donors (Lipinski definition) is 0. The number of hydrogen-bond acceptors (Lipinski definition) is 6. The Morgan fingerprint density at radius 2 is 1.75 bits per heavy atom. The van der Waals surface area contributed by atoms with Crippen LogP contribution < -0.4 is 4.90 Å². The topological polar surface area (TPSA) is 92.5 Å².